The Bertz CT molecular complexity index is 1070. The largest absolute Gasteiger partial charge is 0.348 e. The Morgan fingerprint density at radius 1 is 1.08 bits per heavy atom. The topological polar surface area (TPSA) is 42.0 Å². The van der Waals surface area contributed by atoms with Crippen LogP contribution in [0.4, 0.5) is 4.39 Å². The average Bonchev–Trinajstić information content (AvgIpc) is 3.11. The van der Waals surface area contributed by atoms with Crippen LogP contribution in [0.3, 0.4) is 0 Å². The number of nitrogens with zero attached hydrogens (tertiary/aromatic N) is 1. The number of aromatic nitrogens is 1. The number of hydrogen-bond acceptors (Lipinski definition) is 3. The summed E-state index contributed by atoms with van der Waals surface area (Å²) in [5.41, 5.74) is 3.33. The fourth-order valence-electron chi connectivity index (χ4n) is 2.80. The minimum Gasteiger partial charge on any atom is -0.348 e. The van der Waals surface area contributed by atoms with Gasteiger partial charge in [-0.25, -0.2) is 4.39 Å². The summed E-state index contributed by atoms with van der Waals surface area (Å²) >= 11 is 1.67. The normalized spacial score (nSPS) is 10.8. The third-order valence-corrected chi connectivity index (χ3v) is 5.12. The zero-order valence-corrected chi connectivity index (χ0v) is 14.6. The minimum atomic E-state index is -0.292. The molecular formula is C21H15FN2OS. The molecule has 0 saturated heterocycles. The van der Waals surface area contributed by atoms with Crippen molar-refractivity contribution in [2.24, 2.45) is 0 Å². The van der Waals surface area contributed by atoms with Crippen LogP contribution in [0.15, 0.2) is 72.4 Å². The molecule has 0 aliphatic heterocycles. The Hall–Kier alpha value is -3.05. The zero-order chi connectivity index (χ0) is 17.9. The van der Waals surface area contributed by atoms with Crippen molar-refractivity contribution in [3.8, 4) is 11.1 Å². The van der Waals surface area contributed by atoms with E-state index >= 15 is 0 Å². The predicted octanol–water partition coefficient (Wildman–Crippen LogP) is 5.03. The summed E-state index contributed by atoms with van der Waals surface area (Å²) in [6.07, 6.45) is 3.32. The van der Waals surface area contributed by atoms with Gasteiger partial charge in [-0.1, -0.05) is 30.3 Å². The van der Waals surface area contributed by atoms with E-state index in [-0.39, 0.29) is 11.7 Å². The van der Waals surface area contributed by atoms with Crippen molar-refractivity contribution in [1.82, 2.24) is 10.3 Å². The van der Waals surface area contributed by atoms with Crippen molar-refractivity contribution in [1.29, 1.82) is 0 Å². The molecule has 3 nitrogen and oxygen atoms in total. The number of carbonyl (C=O) groups excluding carboxylic acids is 1. The standard InChI is InChI=1S/C21H15FN2OS/c22-17-7-5-14(6-8-17)10-24-21(25)16-9-15(11-23-12-16)19-13-26-20-4-2-1-3-18(19)20/h1-9,11-13H,10H2,(H,24,25). The highest BCUT2D eigenvalue weighted by Crippen LogP contribution is 2.33. The Labute approximate surface area is 154 Å². The lowest BCUT2D eigenvalue weighted by Gasteiger charge is -2.07. The van der Waals surface area contributed by atoms with Gasteiger partial charge in [-0.2, -0.15) is 0 Å². The predicted molar refractivity (Wildman–Crippen MR) is 103 cm³/mol. The van der Waals surface area contributed by atoms with Crippen LogP contribution in [0, 0.1) is 5.82 Å². The Kier molecular flexibility index (Phi) is 4.46. The fourth-order valence-corrected chi connectivity index (χ4v) is 3.77. The van der Waals surface area contributed by atoms with E-state index in [9.17, 15) is 9.18 Å². The van der Waals surface area contributed by atoms with Crippen LogP contribution < -0.4 is 5.32 Å². The molecular weight excluding hydrogens is 347 g/mol. The molecule has 0 unspecified atom stereocenters. The van der Waals surface area contributed by atoms with Gasteiger partial charge >= 0.3 is 0 Å². The number of carbonyl (C=O) groups is 1. The molecule has 0 aliphatic rings. The van der Waals surface area contributed by atoms with E-state index in [1.165, 1.54) is 16.8 Å². The van der Waals surface area contributed by atoms with Crippen LogP contribution in [0.2, 0.25) is 0 Å². The van der Waals surface area contributed by atoms with E-state index in [2.05, 4.69) is 27.8 Å². The van der Waals surface area contributed by atoms with Crippen LogP contribution in [0.25, 0.3) is 21.2 Å². The highest BCUT2D eigenvalue weighted by Gasteiger charge is 2.11. The summed E-state index contributed by atoms with van der Waals surface area (Å²) in [4.78, 5) is 16.7. The van der Waals surface area contributed by atoms with E-state index in [1.807, 2.05) is 18.2 Å². The molecule has 0 atom stereocenters. The summed E-state index contributed by atoms with van der Waals surface area (Å²) in [7, 11) is 0. The molecule has 0 radical (unpaired) electrons. The number of thiophene rings is 1. The molecule has 2 heterocycles. The minimum absolute atomic E-state index is 0.205. The average molecular weight is 362 g/mol. The maximum Gasteiger partial charge on any atom is 0.253 e. The van der Waals surface area contributed by atoms with Crippen LogP contribution in [-0.4, -0.2) is 10.9 Å². The third kappa shape index (κ3) is 3.34. The summed E-state index contributed by atoms with van der Waals surface area (Å²) in [5.74, 6) is -0.497. The maximum atomic E-state index is 12.9. The molecule has 2 aromatic carbocycles. The summed E-state index contributed by atoms with van der Waals surface area (Å²) in [6, 6.07) is 16.1. The molecule has 0 fully saturated rings. The molecule has 0 aliphatic carbocycles. The lowest BCUT2D eigenvalue weighted by molar-refractivity contribution is 0.0950. The Morgan fingerprint density at radius 2 is 1.88 bits per heavy atom. The van der Waals surface area contributed by atoms with Gasteiger partial charge in [0.2, 0.25) is 0 Å². The molecule has 4 aromatic rings. The summed E-state index contributed by atoms with van der Waals surface area (Å²) in [5, 5.41) is 6.09. The molecule has 0 bridgehead atoms. The number of halogens is 1. The van der Waals surface area contributed by atoms with Gasteiger partial charge in [-0.15, -0.1) is 11.3 Å². The second-order valence-corrected chi connectivity index (χ2v) is 6.83. The molecule has 1 amide bonds. The fraction of sp³-hybridized carbons (Fsp3) is 0.0476. The first kappa shape index (κ1) is 16.4. The van der Waals surface area contributed by atoms with Crippen molar-refractivity contribution in [3.63, 3.8) is 0 Å². The van der Waals surface area contributed by atoms with E-state index in [0.717, 1.165) is 22.1 Å². The first-order chi connectivity index (χ1) is 12.7. The van der Waals surface area contributed by atoms with Crippen LogP contribution in [0.5, 0.6) is 0 Å². The van der Waals surface area contributed by atoms with Gasteiger partial charge in [-0.05, 0) is 35.2 Å². The molecule has 0 spiro atoms. The quantitative estimate of drug-likeness (QED) is 0.553. The number of fused-ring (bicyclic) bond motifs is 1. The molecule has 1 N–H and O–H groups in total. The summed E-state index contributed by atoms with van der Waals surface area (Å²) in [6.45, 7) is 0.338. The molecule has 128 valence electrons. The Morgan fingerprint density at radius 3 is 2.73 bits per heavy atom. The van der Waals surface area contributed by atoms with Crippen molar-refractivity contribution in [3.05, 3.63) is 89.3 Å². The third-order valence-electron chi connectivity index (χ3n) is 4.16. The lowest BCUT2D eigenvalue weighted by atomic mass is 10.0. The van der Waals surface area contributed by atoms with Gasteiger partial charge in [0.15, 0.2) is 0 Å². The van der Waals surface area contributed by atoms with Gasteiger partial charge in [0.05, 0.1) is 5.56 Å². The number of hydrogen-bond donors (Lipinski definition) is 1. The van der Waals surface area contributed by atoms with E-state index in [4.69, 9.17) is 0 Å². The van der Waals surface area contributed by atoms with Gasteiger partial charge in [0, 0.05) is 40.2 Å². The van der Waals surface area contributed by atoms with Crippen molar-refractivity contribution >= 4 is 27.3 Å². The van der Waals surface area contributed by atoms with Crippen molar-refractivity contribution < 1.29 is 9.18 Å². The highest BCUT2D eigenvalue weighted by molar-refractivity contribution is 7.17. The van der Waals surface area contributed by atoms with E-state index in [0.29, 0.717) is 12.1 Å². The second kappa shape index (κ2) is 7.06. The van der Waals surface area contributed by atoms with E-state index in [1.54, 1.807) is 35.9 Å². The molecule has 26 heavy (non-hydrogen) atoms. The smallest absolute Gasteiger partial charge is 0.253 e. The van der Waals surface area contributed by atoms with Crippen molar-refractivity contribution in [2.45, 2.75) is 6.54 Å². The maximum absolute atomic E-state index is 12.9. The number of nitrogens with one attached hydrogen (secondary N) is 1. The second-order valence-electron chi connectivity index (χ2n) is 5.92. The molecule has 4 rings (SSSR count). The van der Waals surface area contributed by atoms with Crippen LogP contribution in [-0.2, 0) is 6.54 Å². The SMILES string of the molecule is O=C(NCc1ccc(F)cc1)c1cncc(-c2csc3ccccc23)c1. The lowest BCUT2D eigenvalue weighted by Crippen LogP contribution is -2.22. The number of amides is 1. The number of rotatable bonds is 4. The molecule has 0 saturated carbocycles. The van der Waals surface area contributed by atoms with E-state index < -0.39 is 0 Å². The highest BCUT2D eigenvalue weighted by atomic mass is 32.1. The van der Waals surface area contributed by atoms with Crippen LogP contribution in [0.1, 0.15) is 15.9 Å². The number of benzene rings is 2. The van der Waals surface area contributed by atoms with Gasteiger partial charge < -0.3 is 5.32 Å². The van der Waals surface area contributed by atoms with Crippen LogP contribution >= 0.6 is 11.3 Å². The first-order valence-electron chi connectivity index (χ1n) is 8.15. The first-order valence-corrected chi connectivity index (χ1v) is 9.03. The monoisotopic (exact) mass is 362 g/mol. The van der Waals surface area contributed by atoms with Gasteiger partial charge in [-0.3, -0.25) is 9.78 Å². The van der Waals surface area contributed by atoms with Gasteiger partial charge in [0.25, 0.3) is 5.91 Å². The number of pyridine rings is 1. The van der Waals surface area contributed by atoms with Crippen molar-refractivity contribution in [2.75, 3.05) is 0 Å². The van der Waals surface area contributed by atoms with Gasteiger partial charge in [0.1, 0.15) is 5.82 Å². The molecule has 2 aromatic heterocycles. The molecule has 5 heteroatoms. The zero-order valence-electron chi connectivity index (χ0n) is 13.8. The Balaban J connectivity index is 1.55. The summed E-state index contributed by atoms with van der Waals surface area (Å²) < 4.78 is 14.1.